The number of likely N-dealkylation sites (tertiary alicyclic amines) is 1. The van der Waals surface area contributed by atoms with Crippen molar-refractivity contribution in [3.05, 3.63) is 41.9 Å². The highest BCUT2D eigenvalue weighted by atomic mass is 16.5. The molecule has 0 radical (unpaired) electrons. The highest BCUT2D eigenvalue weighted by Crippen LogP contribution is 2.27. The largest absolute Gasteiger partial charge is 0.491 e. The molecule has 1 saturated heterocycles. The second kappa shape index (κ2) is 8.81. The number of piperidine rings is 1. The van der Waals surface area contributed by atoms with Crippen molar-refractivity contribution in [1.29, 1.82) is 0 Å². The topological polar surface area (TPSA) is 79.4 Å². The summed E-state index contributed by atoms with van der Waals surface area (Å²) in [5, 5.41) is 5.55. The second-order valence-electron chi connectivity index (χ2n) is 7.18. The zero-order valence-corrected chi connectivity index (χ0v) is 16.2. The number of ether oxygens (including phenoxy) is 1. The third-order valence-electron chi connectivity index (χ3n) is 4.72. The van der Waals surface area contributed by atoms with Crippen molar-refractivity contribution < 1.29 is 9.53 Å². The van der Waals surface area contributed by atoms with Crippen LogP contribution in [0.1, 0.15) is 24.1 Å². The van der Waals surface area contributed by atoms with Crippen LogP contribution in [0.5, 0.6) is 5.75 Å². The smallest absolute Gasteiger partial charge is 0.324 e. The summed E-state index contributed by atoms with van der Waals surface area (Å²) in [5.41, 5.74) is 2.50. The SMILES string of the molecule is Cc1ccc(OCC2CCN(C)CC2)c(NC(=O)Nc2cnc(C)cn2)c1. The van der Waals surface area contributed by atoms with E-state index in [1.165, 1.54) is 6.20 Å². The maximum atomic E-state index is 12.3. The summed E-state index contributed by atoms with van der Waals surface area (Å²) in [6.45, 7) is 6.70. The van der Waals surface area contributed by atoms with Crippen molar-refractivity contribution in [2.45, 2.75) is 26.7 Å². The van der Waals surface area contributed by atoms with E-state index in [-0.39, 0.29) is 6.03 Å². The van der Waals surface area contributed by atoms with Crippen LogP contribution < -0.4 is 15.4 Å². The number of anilines is 2. The zero-order valence-electron chi connectivity index (χ0n) is 16.2. The fourth-order valence-corrected chi connectivity index (χ4v) is 3.03. The molecule has 1 aliphatic rings. The number of urea groups is 1. The average molecular weight is 369 g/mol. The van der Waals surface area contributed by atoms with Crippen LogP contribution in [0.4, 0.5) is 16.3 Å². The van der Waals surface area contributed by atoms with Gasteiger partial charge in [0.25, 0.3) is 0 Å². The van der Waals surface area contributed by atoms with Crippen LogP contribution in [0, 0.1) is 19.8 Å². The molecule has 0 spiro atoms. The molecule has 1 aromatic heterocycles. The predicted octanol–water partition coefficient (Wildman–Crippen LogP) is 3.46. The molecule has 0 bridgehead atoms. The molecule has 1 aliphatic heterocycles. The van der Waals surface area contributed by atoms with Gasteiger partial charge in [-0.2, -0.15) is 0 Å². The van der Waals surface area contributed by atoms with Gasteiger partial charge in [-0.05, 0) is 70.4 Å². The minimum absolute atomic E-state index is 0.372. The summed E-state index contributed by atoms with van der Waals surface area (Å²) < 4.78 is 6.04. The Bertz CT molecular complexity index is 770. The molecule has 0 unspecified atom stereocenters. The summed E-state index contributed by atoms with van der Waals surface area (Å²) >= 11 is 0. The third-order valence-corrected chi connectivity index (χ3v) is 4.72. The number of rotatable bonds is 5. The number of carbonyl (C=O) groups excluding carboxylic acids is 1. The van der Waals surface area contributed by atoms with Crippen molar-refractivity contribution in [2.24, 2.45) is 5.92 Å². The van der Waals surface area contributed by atoms with Gasteiger partial charge in [-0.3, -0.25) is 10.3 Å². The molecule has 2 N–H and O–H groups in total. The molecule has 27 heavy (non-hydrogen) atoms. The van der Waals surface area contributed by atoms with E-state index in [0.717, 1.165) is 37.2 Å². The van der Waals surface area contributed by atoms with Crippen molar-refractivity contribution in [2.75, 3.05) is 37.4 Å². The molecule has 0 atom stereocenters. The average Bonchev–Trinajstić information content (AvgIpc) is 2.64. The molecular formula is C20H27N5O2. The van der Waals surface area contributed by atoms with E-state index in [9.17, 15) is 4.79 Å². The molecule has 1 fully saturated rings. The Labute approximate surface area is 160 Å². The van der Waals surface area contributed by atoms with Gasteiger partial charge < -0.3 is 15.0 Å². The van der Waals surface area contributed by atoms with Crippen molar-refractivity contribution >= 4 is 17.5 Å². The van der Waals surface area contributed by atoms with Gasteiger partial charge in [-0.25, -0.2) is 9.78 Å². The standard InChI is InChI=1S/C20H27N5O2/c1-14-4-5-18(27-13-16-6-8-25(3)9-7-16)17(10-14)23-20(26)24-19-12-21-15(2)11-22-19/h4-5,10-12,16H,6-9,13H2,1-3H3,(H2,22,23,24,26). The number of amides is 2. The Balaban J connectivity index is 1.61. The molecule has 7 nitrogen and oxygen atoms in total. The lowest BCUT2D eigenvalue weighted by Crippen LogP contribution is -2.32. The van der Waals surface area contributed by atoms with Gasteiger partial charge in [0.2, 0.25) is 0 Å². The lowest BCUT2D eigenvalue weighted by Gasteiger charge is -2.29. The van der Waals surface area contributed by atoms with Crippen LogP contribution in [-0.4, -0.2) is 47.6 Å². The van der Waals surface area contributed by atoms with E-state index in [0.29, 0.717) is 29.8 Å². The molecule has 0 aliphatic carbocycles. The first-order chi connectivity index (χ1) is 13.0. The number of nitrogens with one attached hydrogen (secondary N) is 2. The summed E-state index contributed by atoms with van der Waals surface area (Å²) in [7, 11) is 2.15. The second-order valence-corrected chi connectivity index (χ2v) is 7.18. The maximum Gasteiger partial charge on any atom is 0.324 e. The van der Waals surface area contributed by atoms with E-state index in [2.05, 4.69) is 32.5 Å². The summed E-state index contributed by atoms with van der Waals surface area (Å²) in [5.74, 6) is 1.64. The molecule has 3 rings (SSSR count). The Morgan fingerprint density at radius 3 is 2.67 bits per heavy atom. The summed E-state index contributed by atoms with van der Waals surface area (Å²) in [6.07, 6.45) is 5.41. The van der Waals surface area contributed by atoms with Gasteiger partial charge in [-0.15, -0.1) is 0 Å². The van der Waals surface area contributed by atoms with Gasteiger partial charge in [0, 0.05) is 0 Å². The van der Waals surface area contributed by atoms with Gasteiger partial charge >= 0.3 is 6.03 Å². The predicted molar refractivity (Wildman–Crippen MR) is 106 cm³/mol. The summed E-state index contributed by atoms with van der Waals surface area (Å²) in [6, 6.07) is 5.43. The van der Waals surface area contributed by atoms with Crippen LogP contribution in [-0.2, 0) is 0 Å². The molecule has 7 heteroatoms. The fourth-order valence-electron chi connectivity index (χ4n) is 3.03. The number of benzene rings is 1. The van der Waals surface area contributed by atoms with E-state index in [1.54, 1.807) is 6.20 Å². The molecule has 2 heterocycles. The lowest BCUT2D eigenvalue weighted by atomic mass is 9.98. The van der Waals surface area contributed by atoms with Gasteiger partial charge in [0.1, 0.15) is 5.75 Å². The van der Waals surface area contributed by atoms with Crippen LogP contribution in [0.3, 0.4) is 0 Å². The van der Waals surface area contributed by atoms with Crippen LogP contribution in [0.25, 0.3) is 0 Å². The first kappa shape index (κ1) is 19.1. The highest BCUT2D eigenvalue weighted by Gasteiger charge is 2.18. The quantitative estimate of drug-likeness (QED) is 0.844. The number of hydrogen-bond acceptors (Lipinski definition) is 5. The number of nitrogens with zero attached hydrogens (tertiary/aromatic N) is 3. The zero-order chi connectivity index (χ0) is 19.2. The van der Waals surface area contributed by atoms with Crippen LogP contribution in [0.2, 0.25) is 0 Å². The first-order valence-electron chi connectivity index (χ1n) is 9.28. The molecule has 144 valence electrons. The van der Waals surface area contributed by atoms with Crippen molar-refractivity contribution in [3.63, 3.8) is 0 Å². The summed E-state index contributed by atoms with van der Waals surface area (Å²) in [4.78, 5) is 22.9. The van der Waals surface area contributed by atoms with E-state index < -0.39 is 0 Å². The number of aromatic nitrogens is 2. The van der Waals surface area contributed by atoms with Crippen molar-refractivity contribution in [3.8, 4) is 5.75 Å². The van der Waals surface area contributed by atoms with Gasteiger partial charge in [-0.1, -0.05) is 6.07 Å². The fraction of sp³-hybridized carbons (Fsp3) is 0.450. The van der Waals surface area contributed by atoms with E-state index >= 15 is 0 Å². The monoisotopic (exact) mass is 369 g/mol. The van der Waals surface area contributed by atoms with Gasteiger partial charge in [0.15, 0.2) is 5.82 Å². The number of hydrogen-bond donors (Lipinski definition) is 2. The lowest BCUT2D eigenvalue weighted by molar-refractivity contribution is 0.160. The normalized spacial score (nSPS) is 15.4. The molecule has 0 saturated carbocycles. The maximum absolute atomic E-state index is 12.3. The van der Waals surface area contributed by atoms with E-state index in [1.807, 2.05) is 32.0 Å². The Kier molecular flexibility index (Phi) is 6.24. The molecular weight excluding hydrogens is 342 g/mol. The van der Waals surface area contributed by atoms with Crippen molar-refractivity contribution in [1.82, 2.24) is 14.9 Å². The minimum atomic E-state index is -0.372. The molecule has 1 aromatic carbocycles. The molecule has 2 aromatic rings. The van der Waals surface area contributed by atoms with Gasteiger partial charge in [0.05, 0.1) is 30.4 Å². The highest BCUT2D eigenvalue weighted by molar-refractivity contribution is 6.00. The molecule has 2 amide bonds. The van der Waals surface area contributed by atoms with E-state index in [4.69, 9.17) is 4.74 Å². The van der Waals surface area contributed by atoms with Crippen LogP contribution >= 0.6 is 0 Å². The third kappa shape index (κ3) is 5.65. The van der Waals surface area contributed by atoms with Crippen LogP contribution in [0.15, 0.2) is 30.6 Å². The Morgan fingerprint density at radius 1 is 1.19 bits per heavy atom. The Hall–Kier alpha value is -2.67. The number of aryl methyl sites for hydroxylation is 2. The first-order valence-corrected chi connectivity index (χ1v) is 9.28. The Morgan fingerprint density at radius 2 is 1.96 bits per heavy atom. The minimum Gasteiger partial charge on any atom is -0.491 e. The number of carbonyl (C=O) groups is 1.